The van der Waals surface area contributed by atoms with Crippen LogP contribution in [-0.2, 0) is 0 Å². The van der Waals surface area contributed by atoms with Crippen LogP contribution in [0, 0.1) is 5.41 Å². The van der Waals surface area contributed by atoms with Gasteiger partial charge in [-0.3, -0.25) is 0 Å². The van der Waals surface area contributed by atoms with Crippen LogP contribution < -0.4 is 16.0 Å². The smallest absolute Gasteiger partial charge is 0.405 e. The van der Waals surface area contributed by atoms with Crippen molar-refractivity contribution in [1.82, 2.24) is 10.6 Å². The number of urea groups is 1. The number of hydrogen-bond donors (Lipinski definition) is 4. The summed E-state index contributed by atoms with van der Waals surface area (Å²) < 4.78 is 0. The van der Waals surface area contributed by atoms with E-state index in [9.17, 15) is 9.59 Å². The van der Waals surface area contributed by atoms with E-state index in [1.165, 1.54) is 0 Å². The Morgan fingerprint density at radius 2 is 1.86 bits per heavy atom. The lowest BCUT2D eigenvalue weighted by Crippen LogP contribution is -2.76. The number of nitrogens with one attached hydrogen (secondary N) is 3. The lowest BCUT2D eigenvalue weighted by molar-refractivity contribution is -0.143. The molecule has 0 heterocycles. The first-order valence-electron chi connectivity index (χ1n) is 6.83. The summed E-state index contributed by atoms with van der Waals surface area (Å²) in [4.78, 5) is 22.5. The van der Waals surface area contributed by atoms with Gasteiger partial charge in [0.15, 0.2) is 0 Å². The van der Waals surface area contributed by atoms with E-state index in [-0.39, 0.29) is 17.0 Å². The monoisotopic (exact) mass is 343 g/mol. The minimum absolute atomic E-state index is 0.0391. The molecule has 4 rings (SSSR count). The minimum atomic E-state index is -0.987. The summed E-state index contributed by atoms with van der Waals surface area (Å²) in [5.41, 5.74) is 0.346. The van der Waals surface area contributed by atoms with E-state index in [1.807, 2.05) is 0 Å². The Hall–Kier alpha value is -1.66. The molecule has 3 aliphatic carbocycles. The minimum Gasteiger partial charge on any atom is -0.465 e. The summed E-state index contributed by atoms with van der Waals surface area (Å²) in [6.45, 7) is 0.531. The van der Waals surface area contributed by atoms with Crippen LogP contribution in [0.3, 0.4) is 0 Å². The molecule has 118 valence electrons. The molecular formula is C14H15Cl2N3O3. The number of benzene rings is 1. The Kier molecular flexibility index (Phi) is 3.61. The Morgan fingerprint density at radius 1 is 1.18 bits per heavy atom. The van der Waals surface area contributed by atoms with Gasteiger partial charge in [-0.25, -0.2) is 9.59 Å². The van der Waals surface area contributed by atoms with Crippen LogP contribution in [0.1, 0.15) is 19.3 Å². The number of anilines is 1. The predicted molar refractivity (Wildman–Crippen MR) is 83.7 cm³/mol. The predicted octanol–water partition coefficient (Wildman–Crippen LogP) is 3.31. The lowest BCUT2D eigenvalue weighted by Gasteiger charge is -2.70. The highest BCUT2D eigenvalue weighted by Gasteiger charge is 2.68. The van der Waals surface area contributed by atoms with Gasteiger partial charge in [0, 0.05) is 17.8 Å². The molecule has 0 aliphatic heterocycles. The normalized spacial score (nSPS) is 28.1. The van der Waals surface area contributed by atoms with Crippen molar-refractivity contribution >= 4 is 41.0 Å². The Labute approximate surface area is 137 Å². The zero-order valence-corrected chi connectivity index (χ0v) is 13.1. The summed E-state index contributed by atoms with van der Waals surface area (Å²) in [5.74, 6) is 0. The van der Waals surface area contributed by atoms with Crippen LogP contribution in [0.2, 0.25) is 10.0 Å². The molecule has 3 aliphatic rings. The second kappa shape index (κ2) is 5.21. The van der Waals surface area contributed by atoms with Crippen molar-refractivity contribution in [3.05, 3.63) is 28.2 Å². The van der Waals surface area contributed by atoms with Gasteiger partial charge in [0.05, 0.1) is 10.0 Å². The maximum Gasteiger partial charge on any atom is 0.405 e. The second-order valence-corrected chi connectivity index (χ2v) is 6.99. The Morgan fingerprint density at radius 3 is 2.45 bits per heavy atom. The largest absolute Gasteiger partial charge is 0.465 e. The van der Waals surface area contributed by atoms with Crippen LogP contribution in [0.25, 0.3) is 0 Å². The molecule has 22 heavy (non-hydrogen) atoms. The first-order chi connectivity index (χ1) is 10.3. The van der Waals surface area contributed by atoms with E-state index in [4.69, 9.17) is 28.3 Å². The van der Waals surface area contributed by atoms with E-state index in [1.54, 1.807) is 18.2 Å². The third-order valence-corrected chi connectivity index (χ3v) is 5.05. The van der Waals surface area contributed by atoms with Crippen molar-refractivity contribution in [2.75, 3.05) is 11.9 Å². The van der Waals surface area contributed by atoms with Crippen molar-refractivity contribution in [2.45, 2.75) is 24.8 Å². The van der Waals surface area contributed by atoms with E-state index in [0.29, 0.717) is 22.3 Å². The highest BCUT2D eigenvalue weighted by atomic mass is 35.5. The fraction of sp³-hybridized carbons (Fsp3) is 0.429. The first-order valence-corrected chi connectivity index (χ1v) is 7.58. The van der Waals surface area contributed by atoms with Crippen LogP contribution in [0.5, 0.6) is 0 Å². The number of rotatable bonds is 4. The molecule has 0 radical (unpaired) electrons. The zero-order chi connectivity index (χ0) is 16.0. The molecule has 6 nitrogen and oxygen atoms in total. The first kappa shape index (κ1) is 15.2. The molecule has 0 aromatic heterocycles. The molecule has 2 bridgehead atoms. The van der Waals surface area contributed by atoms with Crippen molar-refractivity contribution in [3.8, 4) is 0 Å². The van der Waals surface area contributed by atoms with E-state index < -0.39 is 6.09 Å². The lowest BCUT2D eigenvalue weighted by atomic mass is 9.39. The topological polar surface area (TPSA) is 90.5 Å². The number of carboxylic acid groups (broad SMARTS) is 1. The second-order valence-electron chi connectivity index (χ2n) is 6.18. The van der Waals surface area contributed by atoms with Gasteiger partial charge in [-0.05, 0) is 42.9 Å². The third-order valence-electron chi connectivity index (χ3n) is 4.31. The number of carbonyl (C=O) groups excluding carboxylic acids is 1. The SMILES string of the molecule is O=C(O)NC12CC(CNC(=O)Nc3ccc(Cl)c(Cl)c3)(C1)C2. The Balaban J connectivity index is 1.45. The van der Waals surface area contributed by atoms with Gasteiger partial charge < -0.3 is 21.1 Å². The summed E-state index contributed by atoms with van der Waals surface area (Å²) in [6.07, 6.45) is 1.34. The molecule has 3 fully saturated rings. The fourth-order valence-corrected chi connectivity index (χ4v) is 3.86. The van der Waals surface area contributed by atoms with E-state index >= 15 is 0 Å². The number of halogens is 2. The molecule has 0 saturated heterocycles. The van der Waals surface area contributed by atoms with Crippen LogP contribution in [0.4, 0.5) is 15.3 Å². The Bertz CT molecular complexity index is 630. The molecule has 8 heteroatoms. The zero-order valence-electron chi connectivity index (χ0n) is 11.6. The average Bonchev–Trinajstić information content (AvgIpc) is 2.35. The summed E-state index contributed by atoms with van der Waals surface area (Å²) in [5, 5.41) is 17.6. The molecule has 3 amide bonds. The van der Waals surface area contributed by atoms with Crippen molar-refractivity contribution in [3.63, 3.8) is 0 Å². The third kappa shape index (κ3) is 2.80. The molecule has 1 aromatic rings. The van der Waals surface area contributed by atoms with Gasteiger partial charge >= 0.3 is 12.1 Å². The number of amides is 3. The number of carbonyl (C=O) groups is 2. The van der Waals surface area contributed by atoms with Gasteiger partial charge in [-0.15, -0.1) is 0 Å². The quantitative estimate of drug-likeness (QED) is 0.675. The maximum atomic E-state index is 11.9. The van der Waals surface area contributed by atoms with Crippen LogP contribution in [-0.4, -0.2) is 29.3 Å². The van der Waals surface area contributed by atoms with Crippen molar-refractivity contribution in [1.29, 1.82) is 0 Å². The van der Waals surface area contributed by atoms with E-state index in [0.717, 1.165) is 19.3 Å². The number of hydrogen-bond acceptors (Lipinski definition) is 2. The van der Waals surface area contributed by atoms with Gasteiger partial charge in [0.25, 0.3) is 0 Å². The van der Waals surface area contributed by atoms with Crippen molar-refractivity contribution < 1.29 is 14.7 Å². The van der Waals surface area contributed by atoms with Gasteiger partial charge in [-0.1, -0.05) is 23.2 Å². The van der Waals surface area contributed by atoms with Gasteiger partial charge in [0.1, 0.15) is 0 Å². The maximum absolute atomic E-state index is 11.9. The summed E-state index contributed by atoms with van der Waals surface area (Å²) in [6, 6.07) is 4.54. The molecule has 1 aromatic carbocycles. The fourth-order valence-electron chi connectivity index (χ4n) is 3.56. The molecule has 0 unspecified atom stereocenters. The molecule has 4 N–H and O–H groups in total. The van der Waals surface area contributed by atoms with Crippen LogP contribution >= 0.6 is 23.2 Å². The average molecular weight is 344 g/mol. The summed E-state index contributed by atoms with van der Waals surface area (Å²) in [7, 11) is 0. The van der Waals surface area contributed by atoms with Crippen LogP contribution in [0.15, 0.2) is 18.2 Å². The van der Waals surface area contributed by atoms with Crippen molar-refractivity contribution in [2.24, 2.45) is 5.41 Å². The molecule has 0 spiro atoms. The van der Waals surface area contributed by atoms with Gasteiger partial charge in [-0.2, -0.15) is 0 Å². The summed E-state index contributed by atoms with van der Waals surface area (Å²) >= 11 is 11.7. The highest BCUT2D eigenvalue weighted by Crippen LogP contribution is 2.66. The molecule has 0 atom stereocenters. The molecule has 3 saturated carbocycles. The van der Waals surface area contributed by atoms with Gasteiger partial charge in [0.2, 0.25) is 0 Å². The molecular weight excluding hydrogens is 329 g/mol. The van der Waals surface area contributed by atoms with E-state index in [2.05, 4.69) is 16.0 Å². The standard InChI is InChI=1S/C14H15Cl2N3O3/c15-9-2-1-8(3-10(9)16)18-11(20)17-7-13-4-14(5-13,6-13)19-12(21)22/h1-3,19H,4-7H2,(H,21,22)(H2,17,18,20). The highest BCUT2D eigenvalue weighted by molar-refractivity contribution is 6.42.